The van der Waals surface area contributed by atoms with Gasteiger partial charge in [0.1, 0.15) is 6.61 Å². The Morgan fingerprint density at radius 3 is 2.50 bits per heavy atom. The number of benzene rings is 3. The molecule has 0 radical (unpaired) electrons. The number of ether oxygens (including phenoxy) is 2. The van der Waals surface area contributed by atoms with E-state index in [-0.39, 0.29) is 5.56 Å². The Morgan fingerprint density at radius 1 is 1.03 bits per heavy atom. The molecule has 6 heteroatoms. The van der Waals surface area contributed by atoms with E-state index in [4.69, 9.17) is 14.6 Å². The van der Waals surface area contributed by atoms with Crippen LogP contribution in [0.3, 0.4) is 0 Å². The molecular formula is C24H24N2O4. The Balaban J connectivity index is 1.67. The minimum Gasteiger partial charge on any atom is -0.490 e. The number of rotatable bonds is 9. The summed E-state index contributed by atoms with van der Waals surface area (Å²) in [4.78, 5) is 10.9. The first kappa shape index (κ1) is 20.9. The maximum absolute atomic E-state index is 10.9. The summed E-state index contributed by atoms with van der Waals surface area (Å²) < 4.78 is 11.7. The second kappa shape index (κ2) is 10.1. The molecule has 6 nitrogen and oxygen atoms in total. The summed E-state index contributed by atoms with van der Waals surface area (Å²) in [6, 6.07) is 20.1. The van der Waals surface area contributed by atoms with Gasteiger partial charge in [0, 0.05) is 0 Å². The summed E-state index contributed by atoms with van der Waals surface area (Å²) in [6.45, 7) is 4.97. The van der Waals surface area contributed by atoms with Gasteiger partial charge >= 0.3 is 5.97 Å². The second-order valence-electron chi connectivity index (χ2n) is 6.61. The van der Waals surface area contributed by atoms with E-state index in [2.05, 4.69) is 23.5 Å². The van der Waals surface area contributed by atoms with Crippen LogP contribution in [0.1, 0.15) is 34.0 Å². The summed E-state index contributed by atoms with van der Waals surface area (Å²) in [6.07, 6.45) is 1.67. The average Bonchev–Trinajstić information content (AvgIpc) is 2.75. The number of hydrogen-bond acceptors (Lipinski definition) is 5. The predicted molar refractivity (Wildman–Crippen MR) is 118 cm³/mol. The van der Waals surface area contributed by atoms with Crippen molar-refractivity contribution >= 4 is 17.9 Å². The first-order valence-corrected chi connectivity index (χ1v) is 9.63. The quantitative estimate of drug-likeness (QED) is 0.382. The van der Waals surface area contributed by atoms with E-state index < -0.39 is 5.97 Å². The van der Waals surface area contributed by atoms with Gasteiger partial charge in [0.05, 0.1) is 24.1 Å². The molecule has 0 atom stereocenters. The number of carboxylic acids is 1. The summed E-state index contributed by atoms with van der Waals surface area (Å²) in [5.74, 6) is 0.369. The lowest BCUT2D eigenvalue weighted by atomic mass is 10.1. The highest BCUT2D eigenvalue weighted by molar-refractivity contribution is 5.88. The van der Waals surface area contributed by atoms with E-state index in [9.17, 15) is 4.79 Å². The summed E-state index contributed by atoms with van der Waals surface area (Å²) >= 11 is 0. The van der Waals surface area contributed by atoms with Crippen molar-refractivity contribution in [1.82, 2.24) is 0 Å². The standard InChI is InChI=1S/C24H24N2O4/c1-3-29-23-14-18(15-25-26-21-11-9-19(10-12-21)24(27)28)8-13-22(23)30-16-20-7-5-4-6-17(20)2/h4-15,26H,3,16H2,1-2H3,(H,27,28)/b25-15-. The number of hydrazone groups is 1. The zero-order chi connectivity index (χ0) is 21.3. The van der Waals surface area contributed by atoms with Gasteiger partial charge in [0.25, 0.3) is 0 Å². The number of nitrogens with zero attached hydrogens (tertiary/aromatic N) is 1. The maximum Gasteiger partial charge on any atom is 0.335 e. The van der Waals surface area contributed by atoms with Crippen molar-refractivity contribution in [3.05, 3.63) is 89.0 Å². The van der Waals surface area contributed by atoms with E-state index >= 15 is 0 Å². The molecule has 0 bridgehead atoms. The third-order valence-electron chi connectivity index (χ3n) is 4.45. The molecule has 0 aromatic heterocycles. The van der Waals surface area contributed by atoms with E-state index in [1.165, 1.54) is 17.7 Å². The first-order chi connectivity index (χ1) is 14.6. The second-order valence-corrected chi connectivity index (χ2v) is 6.61. The van der Waals surface area contributed by atoms with Crippen LogP contribution in [0.15, 0.2) is 71.8 Å². The van der Waals surface area contributed by atoms with Crippen LogP contribution in [0.5, 0.6) is 11.5 Å². The zero-order valence-electron chi connectivity index (χ0n) is 17.0. The molecule has 0 saturated carbocycles. The fraction of sp³-hybridized carbons (Fsp3) is 0.167. The van der Waals surface area contributed by atoms with Crippen molar-refractivity contribution in [2.75, 3.05) is 12.0 Å². The van der Waals surface area contributed by atoms with Gasteiger partial charge in [-0.15, -0.1) is 0 Å². The van der Waals surface area contributed by atoms with Crippen LogP contribution in [0.25, 0.3) is 0 Å². The predicted octanol–water partition coefficient (Wildman–Crippen LogP) is 5.12. The van der Waals surface area contributed by atoms with Gasteiger partial charge in [-0.2, -0.15) is 5.10 Å². The third-order valence-corrected chi connectivity index (χ3v) is 4.45. The molecule has 0 unspecified atom stereocenters. The van der Waals surface area contributed by atoms with Gasteiger partial charge < -0.3 is 14.6 Å². The molecule has 3 aromatic carbocycles. The lowest BCUT2D eigenvalue weighted by Crippen LogP contribution is -2.01. The lowest BCUT2D eigenvalue weighted by molar-refractivity contribution is 0.0697. The van der Waals surface area contributed by atoms with Crippen molar-refractivity contribution < 1.29 is 19.4 Å². The largest absolute Gasteiger partial charge is 0.490 e. The van der Waals surface area contributed by atoms with Crippen molar-refractivity contribution in [1.29, 1.82) is 0 Å². The van der Waals surface area contributed by atoms with Gasteiger partial charge in [0.2, 0.25) is 0 Å². The van der Waals surface area contributed by atoms with Crippen molar-refractivity contribution in [3.8, 4) is 11.5 Å². The molecule has 0 aliphatic carbocycles. The number of aromatic carboxylic acids is 1. The molecular weight excluding hydrogens is 380 g/mol. The van der Waals surface area contributed by atoms with E-state index in [1.54, 1.807) is 18.3 Å². The number of nitrogens with one attached hydrogen (secondary N) is 1. The minimum atomic E-state index is -0.960. The van der Waals surface area contributed by atoms with Crippen LogP contribution >= 0.6 is 0 Å². The molecule has 3 aromatic rings. The van der Waals surface area contributed by atoms with Crippen molar-refractivity contribution in [2.45, 2.75) is 20.5 Å². The molecule has 0 saturated heterocycles. The van der Waals surface area contributed by atoms with Gasteiger partial charge in [-0.05, 0) is 73.0 Å². The monoisotopic (exact) mass is 404 g/mol. The van der Waals surface area contributed by atoms with E-state index in [1.807, 2.05) is 43.3 Å². The maximum atomic E-state index is 10.9. The Morgan fingerprint density at radius 2 is 1.80 bits per heavy atom. The number of aryl methyl sites for hydroxylation is 1. The van der Waals surface area contributed by atoms with Crippen LogP contribution in [-0.2, 0) is 6.61 Å². The number of carbonyl (C=O) groups is 1. The van der Waals surface area contributed by atoms with Crippen LogP contribution in [-0.4, -0.2) is 23.9 Å². The van der Waals surface area contributed by atoms with Crippen LogP contribution < -0.4 is 14.9 Å². The minimum absolute atomic E-state index is 0.229. The number of hydrogen-bond donors (Lipinski definition) is 2. The lowest BCUT2D eigenvalue weighted by Gasteiger charge is -2.13. The molecule has 3 rings (SSSR count). The van der Waals surface area contributed by atoms with Gasteiger partial charge in [-0.25, -0.2) is 4.79 Å². The first-order valence-electron chi connectivity index (χ1n) is 9.63. The molecule has 0 fully saturated rings. The molecule has 0 amide bonds. The Kier molecular flexibility index (Phi) is 7.05. The molecule has 0 aliphatic rings. The Labute approximate surface area is 175 Å². The fourth-order valence-electron chi connectivity index (χ4n) is 2.79. The van der Waals surface area contributed by atoms with Crippen LogP contribution in [0, 0.1) is 6.92 Å². The fourth-order valence-corrected chi connectivity index (χ4v) is 2.79. The topological polar surface area (TPSA) is 80.2 Å². The number of anilines is 1. The third kappa shape index (κ3) is 5.61. The molecule has 0 heterocycles. The Hall–Kier alpha value is -3.80. The van der Waals surface area contributed by atoms with Crippen molar-refractivity contribution in [3.63, 3.8) is 0 Å². The van der Waals surface area contributed by atoms with Crippen molar-refractivity contribution in [2.24, 2.45) is 5.10 Å². The molecule has 0 spiro atoms. The smallest absolute Gasteiger partial charge is 0.335 e. The average molecular weight is 404 g/mol. The van der Waals surface area contributed by atoms with E-state index in [0.717, 1.165) is 11.1 Å². The van der Waals surface area contributed by atoms with Crippen LogP contribution in [0.4, 0.5) is 5.69 Å². The highest BCUT2D eigenvalue weighted by atomic mass is 16.5. The zero-order valence-corrected chi connectivity index (χ0v) is 17.0. The highest BCUT2D eigenvalue weighted by Gasteiger charge is 2.07. The van der Waals surface area contributed by atoms with Gasteiger partial charge in [-0.3, -0.25) is 5.43 Å². The summed E-state index contributed by atoms with van der Waals surface area (Å²) in [5, 5.41) is 13.1. The van der Waals surface area contributed by atoms with E-state index in [0.29, 0.717) is 30.4 Å². The molecule has 2 N–H and O–H groups in total. The number of carboxylic acid groups (broad SMARTS) is 1. The van der Waals surface area contributed by atoms with Gasteiger partial charge in [-0.1, -0.05) is 24.3 Å². The molecule has 154 valence electrons. The summed E-state index contributed by atoms with van der Waals surface area (Å²) in [5.41, 5.74) is 6.96. The normalized spacial score (nSPS) is 10.7. The Bertz CT molecular complexity index is 1030. The van der Waals surface area contributed by atoms with Gasteiger partial charge in [0.15, 0.2) is 11.5 Å². The molecule has 30 heavy (non-hydrogen) atoms. The van der Waals surface area contributed by atoms with Crippen LogP contribution in [0.2, 0.25) is 0 Å². The SMILES string of the molecule is CCOc1cc(/C=N\Nc2ccc(C(=O)O)cc2)ccc1OCc1ccccc1C. The highest BCUT2D eigenvalue weighted by Crippen LogP contribution is 2.29. The summed E-state index contributed by atoms with van der Waals surface area (Å²) in [7, 11) is 0. The molecule has 0 aliphatic heterocycles.